The van der Waals surface area contributed by atoms with Crippen molar-refractivity contribution in [3.63, 3.8) is 0 Å². The summed E-state index contributed by atoms with van der Waals surface area (Å²) in [6.07, 6.45) is 2.27. The quantitative estimate of drug-likeness (QED) is 0.527. The van der Waals surface area contributed by atoms with E-state index in [0.29, 0.717) is 0 Å². The lowest BCUT2D eigenvalue weighted by Crippen LogP contribution is -2.52. The molecule has 0 aromatic rings. The largest absolute Gasteiger partial charge is 0.380 e. The van der Waals surface area contributed by atoms with Gasteiger partial charge in [-0.2, -0.15) is 0 Å². The molecule has 0 amide bonds. The molecule has 0 saturated carbocycles. The SMILES string of the molecule is O=NN1CCCC2(COC2)C1. The van der Waals surface area contributed by atoms with E-state index in [4.69, 9.17) is 4.74 Å². The molecular formula is C7H12N2O2. The van der Waals surface area contributed by atoms with Crippen LogP contribution in [0.25, 0.3) is 0 Å². The molecule has 0 atom stereocenters. The van der Waals surface area contributed by atoms with E-state index in [0.717, 1.165) is 32.7 Å². The molecule has 2 fully saturated rings. The molecule has 0 aromatic carbocycles. The van der Waals surface area contributed by atoms with Gasteiger partial charge < -0.3 is 4.74 Å². The monoisotopic (exact) mass is 156 g/mol. The number of piperidine rings is 1. The second-order valence-electron chi connectivity index (χ2n) is 3.57. The summed E-state index contributed by atoms with van der Waals surface area (Å²) >= 11 is 0. The Morgan fingerprint density at radius 1 is 1.45 bits per heavy atom. The summed E-state index contributed by atoms with van der Waals surface area (Å²) in [6.45, 7) is 3.26. The highest BCUT2D eigenvalue weighted by molar-refractivity contribution is 4.90. The van der Waals surface area contributed by atoms with Gasteiger partial charge in [0.25, 0.3) is 0 Å². The summed E-state index contributed by atoms with van der Waals surface area (Å²) in [5, 5.41) is 4.57. The first-order chi connectivity index (χ1) is 5.35. The topological polar surface area (TPSA) is 41.9 Å². The van der Waals surface area contributed by atoms with Gasteiger partial charge in [-0.1, -0.05) is 0 Å². The second-order valence-corrected chi connectivity index (χ2v) is 3.57. The molecule has 4 nitrogen and oxygen atoms in total. The molecule has 2 aliphatic heterocycles. The number of nitrogens with zero attached hydrogens (tertiary/aromatic N) is 2. The first-order valence-corrected chi connectivity index (χ1v) is 4.01. The first kappa shape index (κ1) is 7.03. The Morgan fingerprint density at radius 3 is 2.82 bits per heavy atom. The van der Waals surface area contributed by atoms with Crippen LogP contribution in [0.3, 0.4) is 0 Å². The third-order valence-electron chi connectivity index (χ3n) is 2.57. The number of hydrogen-bond donors (Lipinski definition) is 0. The van der Waals surface area contributed by atoms with Gasteiger partial charge in [0.05, 0.1) is 18.5 Å². The van der Waals surface area contributed by atoms with Crippen LogP contribution < -0.4 is 0 Å². The van der Waals surface area contributed by atoms with Gasteiger partial charge in [0, 0.05) is 18.5 Å². The highest BCUT2D eigenvalue weighted by atomic mass is 16.5. The predicted molar refractivity (Wildman–Crippen MR) is 39.9 cm³/mol. The maximum absolute atomic E-state index is 10.2. The fourth-order valence-electron chi connectivity index (χ4n) is 1.88. The molecule has 2 saturated heterocycles. The molecule has 0 aromatic heterocycles. The van der Waals surface area contributed by atoms with Crippen molar-refractivity contribution in [2.24, 2.45) is 10.7 Å². The van der Waals surface area contributed by atoms with E-state index < -0.39 is 0 Å². The molecule has 1 spiro atoms. The van der Waals surface area contributed by atoms with Crippen LogP contribution in [0.1, 0.15) is 12.8 Å². The van der Waals surface area contributed by atoms with Crippen LogP contribution in [0, 0.1) is 10.3 Å². The van der Waals surface area contributed by atoms with Crippen LogP contribution >= 0.6 is 0 Å². The van der Waals surface area contributed by atoms with Crippen molar-refractivity contribution in [2.45, 2.75) is 12.8 Å². The first-order valence-electron chi connectivity index (χ1n) is 4.01. The van der Waals surface area contributed by atoms with Gasteiger partial charge in [0.15, 0.2) is 0 Å². The van der Waals surface area contributed by atoms with Crippen molar-refractivity contribution in [2.75, 3.05) is 26.3 Å². The Labute approximate surface area is 65.5 Å². The Balaban J connectivity index is 1.97. The fourth-order valence-corrected chi connectivity index (χ4v) is 1.88. The molecule has 0 radical (unpaired) electrons. The minimum atomic E-state index is 0.284. The van der Waals surface area contributed by atoms with Gasteiger partial charge in [-0.15, -0.1) is 4.91 Å². The Kier molecular flexibility index (Phi) is 1.56. The van der Waals surface area contributed by atoms with E-state index in [1.165, 1.54) is 6.42 Å². The van der Waals surface area contributed by atoms with Crippen molar-refractivity contribution in [3.8, 4) is 0 Å². The van der Waals surface area contributed by atoms with E-state index in [1.54, 1.807) is 5.01 Å². The molecule has 0 N–H and O–H groups in total. The summed E-state index contributed by atoms with van der Waals surface area (Å²) in [5.41, 5.74) is 0.284. The lowest BCUT2D eigenvalue weighted by molar-refractivity contribution is -0.144. The van der Waals surface area contributed by atoms with Crippen LogP contribution in [0.15, 0.2) is 5.29 Å². The van der Waals surface area contributed by atoms with Gasteiger partial charge in [-0.3, -0.25) is 5.01 Å². The van der Waals surface area contributed by atoms with Crippen LogP contribution in [-0.2, 0) is 4.74 Å². The van der Waals surface area contributed by atoms with Gasteiger partial charge in [0.1, 0.15) is 0 Å². The van der Waals surface area contributed by atoms with Gasteiger partial charge in [-0.25, -0.2) is 0 Å². The average Bonchev–Trinajstić information content (AvgIpc) is 2.02. The van der Waals surface area contributed by atoms with E-state index in [-0.39, 0.29) is 5.41 Å². The van der Waals surface area contributed by atoms with Crippen molar-refractivity contribution >= 4 is 0 Å². The third kappa shape index (κ3) is 1.11. The molecule has 4 heteroatoms. The highest BCUT2D eigenvalue weighted by Crippen LogP contribution is 2.36. The number of rotatable bonds is 1. The second kappa shape index (κ2) is 2.44. The van der Waals surface area contributed by atoms with Crippen molar-refractivity contribution in [1.82, 2.24) is 5.01 Å². The number of hydrogen-bond acceptors (Lipinski definition) is 3. The molecular weight excluding hydrogens is 144 g/mol. The smallest absolute Gasteiger partial charge is 0.0562 e. The normalized spacial score (nSPS) is 28.2. The van der Waals surface area contributed by atoms with Crippen LogP contribution in [0.2, 0.25) is 0 Å². The van der Waals surface area contributed by atoms with E-state index >= 15 is 0 Å². The standard InChI is InChI=1S/C7H12N2O2/c10-8-9-3-1-2-7(4-9)5-11-6-7/h1-6H2. The molecule has 0 bridgehead atoms. The molecule has 62 valence electrons. The Hall–Kier alpha value is -0.640. The molecule has 2 heterocycles. The van der Waals surface area contributed by atoms with Crippen molar-refractivity contribution in [1.29, 1.82) is 0 Å². The van der Waals surface area contributed by atoms with Gasteiger partial charge in [-0.05, 0) is 12.8 Å². The Morgan fingerprint density at radius 2 is 2.27 bits per heavy atom. The van der Waals surface area contributed by atoms with E-state index in [2.05, 4.69) is 5.29 Å². The maximum atomic E-state index is 10.2. The predicted octanol–water partition coefficient (Wildman–Crippen LogP) is 0.780. The van der Waals surface area contributed by atoms with Crippen LogP contribution in [-0.4, -0.2) is 31.3 Å². The summed E-state index contributed by atoms with van der Waals surface area (Å²) in [7, 11) is 0. The van der Waals surface area contributed by atoms with E-state index in [1.807, 2.05) is 0 Å². The lowest BCUT2D eigenvalue weighted by atomic mass is 9.79. The van der Waals surface area contributed by atoms with E-state index in [9.17, 15) is 4.91 Å². The van der Waals surface area contributed by atoms with Crippen LogP contribution in [0.4, 0.5) is 0 Å². The summed E-state index contributed by atoms with van der Waals surface area (Å²) < 4.78 is 5.14. The zero-order chi connectivity index (χ0) is 7.73. The van der Waals surface area contributed by atoms with Gasteiger partial charge in [0.2, 0.25) is 0 Å². The molecule has 0 aliphatic carbocycles. The summed E-state index contributed by atoms with van der Waals surface area (Å²) in [4.78, 5) is 10.2. The Bertz CT molecular complexity index is 168. The zero-order valence-corrected chi connectivity index (χ0v) is 6.45. The average molecular weight is 156 g/mol. The maximum Gasteiger partial charge on any atom is 0.0562 e. The molecule has 2 aliphatic rings. The third-order valence-corrected chi connectivity index (χ3v) is 2.57. The lowest BCUT2D eigenvalue weighted by Gasteiger charge is -2.46. The molecule has 11 heavy (non-hydrogen) atoms. The minimum Gasteiger partial charge on any atom is -0.380 e. The number of nitroso groups, excluding NO2 is 1. The fraction of sp³-hybridized carbons (Fsp3) is 1.00. The zero-order valence-electron chi connectivity index (χ0n) is 6.45. The summed E-state index contributed by atoms with van der Waals surface area (Å²) in [5.74, 6) is 0. The minimum absolute atomic E-state index is 0.284. The van der Waals surface area contributed by atoms with Crippen molar-refractivity contribution < 1.29 is 4.74 Å². The summed E-state index contributed by atoms with van der Waals surface area (Å²) in [6, 6.07) is 0. The van der Waals surface area contributed by atoms with Crippen molar-refractivity contribution in [3.05, 3.63) is 4.91 Å². The van der Waals surface area contributed by atoms with Gasteiger partial charge >= 0.3 is 0 Å². The number of ether oxygens (including phenoxy) is 1. The molecule has 2 rings (SSSR count). The highest BCUT2D eigenvalue weighted by Gasteiger charge is 2.42. The van der Waals surface area contributed by atoms with Crippen LogP contribution in [0.5, 0.6) is 0 Å². The molecule has 0 unspecified atom stereocenters.